The number of carbonyl (C=O) groups is 4. The van der Waals surface area contributed by atoms with Gasteiger partial charge in [0.25, 0.3) is 0 Å². The second kappa shape index (κ2) is 12.9. The number of rotatable bonds is 10. The molecule has 212 valence electrons. The molecule has 4 amide bonds. The highest BCUT2D eigenvalue weighted by atomic mass is 16.6. The summed E-state index contributed by atoms with van der Waals surface area (Å²) in [5.74, 6) is -0.219. The summed E-state index contributed by atoms with van der Waals surface area (Å²) in [4.78, 5) is 55.2. The van der Waals surface area contributed by atoms with Crippen LogP contribution in [0.25, 0.3) is 11.1 Å². The average molecular weight is 547 g/mol. The first-order valence-electron chi connectivity index (χ1n) is 14.0. The molecule has 0 aromatic heterocycles. The second-order valence-corrected chi connectivity index (χ2v) is 11.3. The zero-order chi connectivity index (χ0) is 28.8. The van der Waals surface area contributed by atoms with Gasteiger partial charge < -0.3 is 9.47 Å². The largest absolute Gasteiger partial charge is 0.447 e. The van der Waals surface area contributed by atoms with Crippen molar-refractivity contribution in [2.45, 2.75) is 65.5 Å². The van der Waals surface area contributed by atoms with Gasteiger partial charge in [0.2, 0.25) is 11.8 Å². The number of cyclic esters (lactones) is 2. The molecule has 0 spiro atoms. The van der Waals surface area contributed by atoms with E-state index < -0.39 is 12.2 Å². The lowest BCUT2D eigenvalue weighted by atomic mass is 9.89. The SMILES string of the molecule is CC(C)C[C@H]1COC(=O)N1C(=O)C/C(=C(\CC(=O)N1C(=O)OC[C@@H]1CC(C)C)c1ccccc1)c1ccccc1. The Balaban J connectivity index is 1.76. The Morgan fingerprint density at radius 1 is 0.675 bits per heavy atom. The van der Waals surface area contributed by atoms with E-state index in [0.29, 0.717) is 24.0 Å². The lowest BCUT2D eigenvalue weighted by Gasteiger charge is -2.25. The summed E-state index contributed by atoms with van der Waals surface area (Å²) >= 11 is 0. The van der Waals surface area contributed by atoms with Crippen molar-refractivity contribution in [3.63, 3.8) is 0 Å². The van der Waals surface area contributed by atoms with Crippen LogP contribution < -0.4 is 0 Å². The third kappa shape index (κ3) is 6.79. The predicted molar refractivity (Wildman–Crippen MR) is 152 cm³/mol. The van der Waals surface area contributed by atoms with Crippen LogP contribution in [0.2, 0.25) is 0 Å². The van der Waals surface area contributed by atoms with E-state index in [0.717, 1.165) is 11.1 Å². The number of nitrogens with zero attached hydrogens (tertiary/aromatic N) is 2. The van der Waals surface area contributed by atoms with E-state index in [9.17, 15) is 19.2 Å². The number of ether oxygens (including phenoxy) is 2. The smallest absolute Gasteiger partial charge is 0.416 e. The van der Waals surface area contributed by atoms with Crippen LogP contribution in [0, 0.1) is 11.8 Å². The summed E-state index contributed by atoms with van der Waals surface area (Å²) in [7, 11) is 0. The Morgan fingerprint density at radius 2 is 1.02 bits per heavy atom. The van der Waals surface area contributed by atoms with Crippen LogP contribution >= 0.6 is 0 Å². The van der Waals surface area contributed by atoms with E-state index in [-0.39, 0.29) is 61.8 Å². The molecule has 2 saturated heterocycles. The van der Waals surface area contributed by atoms with Gasteiger partial charge in [0.05, 0.1) is 24.9 Å². The molecule has 2 aliphatic rings. The Morgan fingerprint density at radius 3 is 1.35 bits per heavy atom. The summed E-state index contributed by atoms with van der Waals surface area (Å²) in [6.45, 7) is 8.49. The van der Waals surface area contributed by atoms with E-state index in [2.05, 4.69) is 0 Å². The van der Waals surface area contributed by atoms with Crippen LogP contribution in [0.1, 0.15) is 64.5 Å². The van der Waals surface area contributed by atoms with E-state index >= 15 is 0 Å². The van der Waals surface area contributed by atoms with Gasteiger partial charge in [0.15, 0.2) is 0 Å². The molecule has 0 radical (unpaired) electrons. The number of imide groups is 2. The van der Waals surface area contributed by atoms with Gasteiger partial charge in [-0.05, 0) is 47.0 Å². The van der Waals surface area contributed by atoms with Crippen molar-refractivity contribution in [1.29, 1.82) is 0 Å². The minimum Gasteiger partial charge on any atom is -0.447 e. The van der Waals surface area contributed by atoms with Gasteiger partial charge in [-0.1, -0.05) is 88.4 Å². The van der Waals surface area contributed by atoms with Crippen LogP contribution in [0.15, 0.2) is 60.7 Å². The predicted octanol–water partition coefficient (Wildman–Crippen LogP) is 6.16. The van der Waals surface area contributed by atoms with Gasteiger partial charge >= 0.3 is 12.2 Å². The molecule has 40 heavy (non-hydrogen) atoms. The van der Waals surface area contributed by atoms with Crippen molar-refractivity contribution in [3.05, 3.63) is 71.8 Å². The molecule has 0 saturated carbocycles. The fraction of sp³-hybridized carbons (Fsp3) is 0.438. The fourth-order valence-electron chi connectivity index (χ4n) is 5.48. The summed E-state index contributed by atoms with van der Waals surface area (Å²) in [5.41, 5.74) is 2.78. The van der Waals surface area contributed by atoms with Crippen molar-refractivity contribution < 1.29 is 28.7 Å². The Kier molecular flexibility index (Phi) is 9.40. The fourth-order valence-corrected chi connectivity index (χ4v) is 5.48. The summed E-state index contributed by atoms with van der Waals surface area (Å²) < 4.78 is 10.5. The van der Waals surface area contributed by atoms with E-state index in [4.69, 9.17) is 9.47 Å². The van der Waals surface area contributed by atoms with Gasteiger partial charge in [-0.2, -0.15) is 0 Å². The topological polar surface area (TPSA) is 93.2 Å². The first kappa shape index (κ1) is 29.1. The molecular formula is C32H38N2O6. The molecule has 2 aromatic rings. The number of carbonyl (C=O) groups excluding carboxylic acids is 4. The monoisotopic (exact) mass is 546 g/mol. The van der Waals surface area contributed by atoms with Gasteiger partial charge in [0, 0.05) is 0 Å². The molecule has 2 aliphatic heterocycles. The maximum atomic E-state index is 13.8. The van der Waals surface area contributed by atoms with Crippen molar-refractivity contribution in [2.75, 3.05) is 13.2 Å². The first-order valence-corrected chi connectivity index (χ1v) is 14.0. The second-order valence-electron chi connectivity index (χ2n) is 11.3. The molecule has 2 atom stereocenters. The number of hydrogen-bond acceptors (Lipinski definition) is 6. The molecule has 0 aliphatic carbocycles. The number of amides is 4. The average Bonchev–Trinajstić information content (AvgIpc) is 3.47. The van der Waals surface area contributed by atoms with Gasteiger partial charge in [-0.3, -0.25) is 9.59 Å². The van der Waals surface area contributed by atoms with Crippen LogP contribution in [-0.4, -0.2) is 59.1 Å². The zero-order valence-corrected chi connectivity index (χ0v) is 23.7. The van der Waals surface area contributed by atoms with E-state index in [1.807, 2.05) is 88.4 Å². The molecule has 2 heterocycles. The van der Waals surface area contributed by atoms with Crippen LogP contribution in [0.5, 0.6) is 0 Å². The van der Waals surface area contributed by atoms with E-state index in [1.54, 1.807) is 0 Å². The van der Waals surface area contributed by atoms with Gasteiger partial charge in [-0.15, -0.1) is 0 Å². The van der Waals surface area contributed by atoms with Crippen molar-refractivity contribution >= 4 is 35.1 Å². The van der Waals surface area contributed by atoms with Crippen molar-refractivity contribution in [1.82, 2.24) is 9.80 Å². The lowest BCUT2D eigenvalue weighted by molar-refractivity contribution is -0.129. The molecule has 8 heteroatoms. The maximum absolute atomic E-state index is 13.8. The molecule has 0 unspecified atom stereocenters. The highest BCUT2D eigenvalue weighted by molar-refractivity contribution is 6.08. The Bertz CT molecular complexity index is 1160. The molecule has 4 rings (SSSR count). The molecule has 0 N–H and O–H groups in total. The highest BCUT2D eigenvalue weighted by Gasteiger charge is 2.40. The zero-order valence-electron chi connectivity index (χ0n) is 23.7. The van der Waals surface area contributed by atoms with Crippen molar-refractivity contribution in [2.24, 2.45) is 11.8 Å². The molecule has 0 bridgehead atoms. The molecular weight excluding hydrogens is 508 g/mol. The highest BCUT2D eigenvalue weighted by Crippen LogP contribution is 2.35. The standard InChI is InChI=1S/C32H38N2O6/c1-21(2)15-25-19-39-31(37)33(25)29(35)17-27(23-11-7-5-8-12-23)28(24-13-9-6-10-14-24)18-30(36)34-26(16-22(3)4)20-40-32(34)38/h5-14,21-22,25-26H,15-20H2,1-4H3/b28-27-/t25-,26-/m0/s1. The third-order valence-electron chi connectivity index (χ3n) is 7.21. The Hall–Kier alpha value is -3.94. The summed E-state index contributed by atoms with van der Waals surface area (Å²) in [6.07, 6.45) is -0.218. The lowest BCUT2D eigenvalue weighted by Crippen LogP contribution is -2.40. The molecule has 8 nitrogen and oxygen atoms in total. The first-order chi connectivity index (χ1) is 19.2. The van der Waals surface area contributed by atoms with Gasteiger partial charge in [-0.25, -0.2) is 19.4 Å². The van der Waals surface area contributed by atoms with Crippen LogP contribution in [-0.2, 0) is 19.1 Å². The minimum absolute atomic E-state index is 0.106. The summed E-state index contributed by atoms with van der Waals surface area (Å²) in [6, 6.07) is 18.1. The normalized spacial score (nSPS) is 19.6. The maximum Gasteiger partial charge on any atom is 0.416 e. The quantitative estimate of drug-likeness (QED) is 0.331. The summed E-state index contributed by atoms with van der Waals surface area (Å²) in [5, 5.41) is 0. The molecule has 2 fully saturated rings. The van der Waals surface area contributed by atoms with Crippen molar-refractivity contribution in [3.8, 4) is 0 Å². The third-order valence-corrected chi connectivity index (χ3v) is 7.21. The minimum atomic E-state index is -0.642. The van der Waals surface area contributed by atoms with Crippen LogP contribution in [0.3, 0.4) is 0 Å². The number of hydrogen-bond donors (Lipinski definition) is 0. The van der Waals surface area contributed by atoms with E-state index in [1.165, 1.54) is 9.80 Å². The van der Waals surface area contributed by atoms with Gasteiger partial charge in [0.1, 0.15) is 13.2 Å². The van der Waals surface area contributed by atoms with Crippen LogP contribution in [0.4, 0.5) is 9.59 Å². The Labute approximate surface area is 235 Å². The number of benzene rings is 2. The molecule has 2 aromatic carbocycles.